The van der Waals surface area contributed by atoms with E-state index in [0.29, 0.717) is 43.3 Å². The number of benzene rings is 2. The molecule has 2 aromatic rings. The number of rotatable bonds is 3. The molecule has 29 heavy (non-hydrogen) atoms. The van der Waals surface area contributed by atoms with Crippen LogP contribution in [0.1, 0.15) is 12.8 Å². The maximum Gasteiger partial charge on any atom is 0.244 e. The maximum absolute atomic E-state index is 13.2. The lowest BCUT2D eigenvalue weighted by Gasteiger charge is -2.36. The molecule has 2 aliphatic heterocycles. The number of amides is 1. The molecule has 0 bridgehead atoms. The first-order valence-electron chi connectivity index (χ1n) is 9.36. The van der Waals surface area contributed by atoms with Gasteiger partial charge in [0.2, 0.25) is 15.9 Å². The molecule has 0 aliphatic carbocycles. The summed E-state index contributed by atoms with van der Waals surface area (Å²) < 4.78 is 33.2. The predicted octanol–water partition coefficient (Wildman–Crippen LogP) is 3.82. The van der Waals surface area contributed by atoms with Gasteiger partial charge < -0.3 is 9.64 Å². The summed E-state index contributed by atoms with van der Waals surface area (Å²) in [7, 11) is -3.85. The van der Waals surface area contributed by atoms with E-state index < -0.39 is 15.9 Å². The van der Waals surface area contributed by atoms with Crippen LogP contribution in [0.15, 0.2) is 47.4 Å². The lowest BCUT2D eigenvalue weighted by molar-refractivity contribution is -0.123. The van der Waals surface area contributed by atoms with E-state index in [1.807, 2.05) is 24.3 Å². The fourth-order valence-corrected chi connectivity index (χ4v) is 6.06. The molecule has 4 rings (SSSR count). The van der Waals surface area contributed by atoms with Gasteiger partial charge in [0.05, 0.1) is 23.2 Å². The molecular formula is C20H20Cl2N2O4S. The summed E-state index contributed by atoms with van der Waals surface area (Å²) in [5, 5.41) is 0.410. The van der Waals surface area contributed by atoms with Gasteiger partial charge in [0.1, 0.15) is 17.3 Å². The summed E-state index contributed by atoms with van der Waals surface area (Å²) in [4.78, 5) is 14.9. The van der Waals surface area contributed by atoms with Crippen LogP contribution in [-0.2, 0) is 14.8 Å². The minimum Gasteiger partial charge on any atom is -0.490 e. The molecule has 1 fully saturated rings. The molecule has 2 aliphatic rings. The summed E-state index contributed by atoms with van der Waals surface area (Å²) in [5.74, 6) is 0.151. The third kappa shape index (κ3) is 3.97. The standard InChI is InChI=1S/C20H20Cl2N2O4S/c21-15-7-8-16(22)19(12-15)29(26,27)23-9-3-4-14(13-23)20(25)24-10-11-28-18-6-2-1-5-17(18)24/h1-2,5-8,12,14H,3-4,9-11,13H2. The van der Waals surface area contributed by atoms with Gasteiger partial charge in [0.25, 0.3) is 0 Å². The number of fused-ring (bicyclic) bond motifs is 1. The Morgan fingerprint density at radius 2 is 1.90 bits per heavy atom. The van der Waals surface area contributed by atoms with Crippen LogP contribution in [0.25, 0.3) is 0 Å². The van der Waals surface area contributed by atoms with E-state index in [2.05, 4.69) is 0 Å². The average molecular weight is 455 g/mol. The second-order valence-corrected chi connectivity index (χ2v) is 9.83. The number of piperidine rings is 1. The molecule has 9 heteroatoms. The minimum atomic E-state index is -3.85. The summed E-state index contributed by atoms with van der Waals surface area (Å²) >= 11 is 12.1. The molecule has 0 spiro atoms. The number of carbonyl (C=O) groups excluding carboxylic acids is 1. The highest BCUT2D eigenvalue weighted by molar-refractivity contribution is 7.89. The number of halogens is 2. The Morgan fingerprint density at radius 3 is 2.72 bits per heavy atom. The van der Waals surface area contributed by atoms with E-state index in [9.17, 15) is 13.2 Å². The zero-order chi connectivity index (χ0) is 20.6. The number of hydrogen-bond acceptors (Lipinski definition) is 4. The smallest absolute Gasteiger partial charge is 0.244 e. The third-order valence-corrected chi connectivity index (χ3v) is 7.82. The van der Waals surface area contributed by atoms with Crippen molar-refractivity contribution in [3.8, 4) is 5.75 Å². The number of nitrogens with zero attached hydrogens (tertiary/aromatic N) is 2. The molecule has 6 nitrogen and oxygen atoms in total. The number of ether oxygens (including phenoxy) is 1. The Bertz CT molecular complexity index is 1040. The first kappa shape index (κ1) is 20.5. The van der Waals surface area contributed by atoms with E-state index in [4.69, 9.17) is 27.9 Å². The highest BCUT2D eigenvalue weighted by Gasteiger charge is 2.37. The van der Waals surface area contributed by atoms with Crippen molar-refractivity contribution in [3.05, 3.63) is 52.5 Å². The molecule has 154 valence electrons. The maximum atomic E-state index is 13.2. The first-order chi connectivity index (χ1) is 13.9. The lowest BCUT2D eigenvalue weighted by Crippen LogP contribution is -2.48. The van der Waals surface area contributed by atoms with Crippen LogP contribution in [0.2, 0.25) is 10.0 Å². The van der Waals surface area contributed by atoms with Crippen LogP contribution < -0.4 is 9.64 Å². The van der Waals surface area contributed by atoms with Gasteiger partial charge in [-0.1, -0.05) is 35.3 Å². The van der Waals surface area contributed by atoms with Crippen LogP contribution in [0.4, 0.5) is 5.69 Å². The molecule has 0 aromatic heterocycles. The Labute approximate surface area is 180 Å². The van der Waals surface area contributed by atoms with Crippen LogP contribution in [0.3, 0.4) is 0 Å². The van der Waals surface area contributed by atoms with E-state index in [1.54, 1.807) is 11.0 Å². The quantitative estimate of drug-likeness (QED) is 0.706. The molecule has 2 aromatic carbocycles. The third-order valence-electron chi connectivity index (χ3n) is 5.24. The molecule has 0 N–H and O–H groups in total. The monoisotopic (exact) mass is 454 g/mol. The van der Waals surface area contributed by atoms with E-state index in [1.165, 1.54) is 16.4 Å². The van der Waals surface area contributed by atoms with Crippen molar-refractivity contribution < 1.29 is 17.9 Å². The normalized spacial score (nSPS) is 20.1. The van der Waals surface area contributed by atoms with Crippen LogP contribution in [0, 0.1) is 5.92 Å². The van der Waals surface area contributed by atoms with Gasteiger partial charge in [0.15, 0.2) is 0 Å². The van der Waals surface area contributed by atoms with Crippen molar-refractivity contribution in [1.29, 1.82) is 0 Å². The van der Waals surface area contributed by atoms with Crippen LogP contribution in [-0.4, -0.2) is 44.9 Å². The van der Waals surface area contributed by atoms with Crippen LogP contribution in [0.5, 0.6) is 5.75 Å². The fraction of sp³-hybridized carbons (Fsp3) is 0.350. The van der Waals surface area contributed by atoms with E-state index in [-0.39, 0.29) is 22.4 Å². The summed E-state index contributed by atoms with van der Waals surface area (Å²) in [6.45, 7) is 1.31. The van der Waals surface area contributed by atoms with Gasteiger partial charge in [0, 0.05) is 18.1 Å². The van der Waals surface area contributed by atoms with E-state index >= 15 is 0 Å². The van der Waals surface area contributed by atoms with Gasteiger partial charge in [-0.05, 0) is 43.2 Å². The molecule has 1 unspecified atom stereocenters. The van der Waals surface area contributed by atoms with Gasteiger partial charge >= 0.3 is 0 Å². The second-order valence-electron chi connectivity index (χ2n) is 7.08. The Morgan fingerprint density at radius 1 is 1.10 bits per heavy atom. The van der Waals surface area contributed by atoms with Crippen molar-refractivity contribution in [2.75, 3.05) is 31.1 Å². The van der Waals surface area contributed by atoms with Gasteiger partial charge in [-0.3, -0.25) is 4.79 Å². The van der Waals surface area contributed by atoms with Crippen molar-refractivity contribution in [2.45, 2.75) is 17.7 Å². The largest absolute Gasteiger partial charge is 0.490 e. The van der Waals surface area contributed by atoms with Gasteiger partial charge in [-0.25, -0.2) is 8.42 Å². The molecule has 2 heterocycles. The lowest BCUT2D eigenvalue weighted by atomic mass is 9.97. The van der Waals surface area contributed by atoms with Crippen molar-refractivity contribution in [2.24, 2.45) is 5.92 Å². The van der Waals surface area contributed by atoms with Gasteiger partial charge in [-0.2, -0.15) is 4.31 Å². The second kappa shape index (κ2) is 8.14. The fourth-order valence-electron chi connectivity index (χ4n) is 3.80. The number of para-hydroxylation sites is 2. The van der Waals surface area contributed by atoms with Gasteiger partial charge in [-0.15, -0.1) is 0 Å². The molecular weight excluding hydrogens is 435 g/mol. The summed E-state index contributed by atoms with van der Waals surface area (Å²) in [6.07, 6.45) is 1.23. The minimum absolute atomic E-state index is 0.0310. The number of anilines is 1. The zero-order valence-electron chi connectivity index (χ0n) is 15.6. The Hall–Kier alpha value is -1.80. The number of hydrogen-bond donors (Lipinski definition) is 0. The molecule has 1 saturated heterocycles. The summed E-state index contributed by atoms with van der Waals surface area (Å²) in [6, 6.07) is 11.7. The zero-order valence-corrected chi connectivity index (χ0v) is 17.9. The molecule has 0 saturated carbocycles. The highest BCUT2D eigenvalue weighted by Crippen LogP contribution is 2.34. The average Bonchev–Trinajstić information content (AvgIpc) is 2.74. The SMILES string of the molecule is O=C(C1CCCN(S(=O)(=O)c2cc(Cl)ccc2Cl)C1)N1CCOc2ccccc21. The summed E-state index contributed by atoms with van der Waals surface area (Å²) in [5.41, 5.74) is 0.724. The first-order valence-corrected chi connectivity index (χ1v) is 11.6. The Kier molecular flexibility index (Phi) is 5.75. The Balaban J connectivity index is 1.57. The molecule has 1 amide bonds. The topological polar surface area (TPSA) is 66.9 Å². The predicted molar refractivity (Wildman–Crippen MR) is 112 cm³/mol. The van der Waals surface area contributed by atoms with E-state index in [0.717, 1.165) is 5.69 Å². The van der Waals surface area contributed by atoms with Crippen molar-refractivity contribution in [3.63, 3.8) is 0 Å². The number of carbonyl (C=O) groups is 1. The van der Waals surface area contributed by atoms with Crippen LogP contribution >= 0.6 is 23.2 Å². The molecule has 1 atom stereocenters. The molecule has 0 radical (unpaired) electrons. The number of sulfonamides is 1. The highest BCUT2D eigenvalue weighted by atomic mass is 35.5. The van der Waals surface area contributed by atoms with Crippen molar-refractivity contribution in [1.82, 2.24) is 4.31 Å². The van der Waals surface area contributed by atoms with Crippen molar-refractivity contribution >= 4 is 44.8 Å².